The number of ether oxygens (including phenoxy) is 1. The second-order valence-electron chi connectivity index (χ2n) is 6.13. The predicted molar refractivity (Wildman–Crippen MR) is 80.2 cm³/mol. The minimum atomic E-state index is 0.0168. The lowest BCUT2D eigenvalue weighted by Gasteiger charge is -2.29. The van der Waals surface area contributed by atoms with E-state index in [2.05, 4.69) is 17.3 Å². The molecule has 1 aromatic heterocycles. The Morgan fingerprint density at radius 1 is 1.52 bits per heavy atom. The molecule has 1 atom stereocenters. The Labute approximate surface area is 125 Å². The number of nitrogens with one attached hydrogen (secondary N) is 1. The maximum absolute atomic E-state index is 12.5. The van der Waals surface area contributed by atoms with E-state index in [-0.39, 0.29) is 6.03 Å². The van der Waals surface area contributed by atoms with Crippen molar-refractivity contribution in [2.45, 2.75) is 51.2 Å². The normalized spacial score (nSPS) is 19.3. The minimum absolute atomic E-state index is 0.0168. The predicted octanol–water partition coefficient (Wildman–Crippen LogP) is 2.32. The Morgan fingerprint density at radius 2 is 2.29 bits per heavy atom. The topological polar surface area (TPSA) is 59.4 Å². The SMILES string of the molecule is COCCn1cc(NC(=O)N(C2CC2)C(C)C2CC2)cn1. The van der Waals surface area contributed by atoms with Gasteiger partial charge in [-0.05, 0) is 38.5 Å². The van der Waals surface area contributed by atoms with Gasteiger partial charge in [-0.1, -0.05) is 0 Å². The van der Waals surface area contributed by atoms with E-state index in [1.165, 1.54) is 12.8 Å². The number of aromatic nitrogens is 2. The van der Waals surface area contributed by atoms with Gasteiger partial charge in [-0.3, -0.25) is 4.68 Å². The second-order valence-corrected chi connectivity index (χ2v) is 6.13. The van der Waals surface area contributed by atoms with E-state index in [0.717, 1.165) is 18.5 Å². The van der Waals surface area contributed by atoms with Gasteiger partial charge in [0, 0.05) is 25.4 Å². The molecule has 0 aromatic carbocycles. The van der Waals surface area contributed by atoms with Gasteiger partial charge in [-0.25, -0.2) is 4.79 Å². The molecule has 2 saturated carbocycles. The molecular formula is C15H24N4O2. The lowest BCUT2D eigenvalue weighted by molar-refractivity contribution is 0.180. The summed E-state index contributed by atoms with van der Waals surface area (Å²) in [6.07, 6.45) is 8.33. The first-order valence-electron chi connectivity index (χ1n) is 7.79. The highest BCUT2D eigenvalue weighted by Gasteiger charge is 2.41. The lowest BCUT2D eigenvalue weighted by Crippen LogP contribution is -2.44. The largest absolute Gasteiger partial charge is 0.383 e. The number of methoxy groups -OCH3 is 1. The van der Waals surface area contributed by atoms with Crippen molar-refractivity contribution in [1.29, 1.82) is 0 Å². The first-order chi connectivity index (χ1) is 10.2. The van der Waals surface area contributed by atoms with Gasteiger partial charge in [-0.15, -0.1) is 0 Å². The molecule has 3 rings (SSSR count). The van der Waals surface area contributed by atoms with Crippen LogP contribution >= 0.6 is 0 Å². The standard InChI is InChI=1S/C15H24N4O2/c1-11(12-3-4-12)19(14-5-6-14)15(20)17-13-9-16-18(10-13)7-8-21-2/h9-12,14H,3-8H2,1-2H3,(H,17,20). The maximum Gasteiger partial charge on any atom is 0.322 e. The van der Waals surface area contributed by atoms with Crippen LogP contribution in [-0.2, 0) is 11.3 Å². The van der Waals surface area contributed by atoms with E-state index in [4.69, 9.17) is 4.74 Å². The molecule has 2 fully saturated rings. The fourth-order valence-corrected chi connectivity index (χ4v) is 2.77. The number of rotatable bonds is 7. The number of nitrogens with zero attached hydrogens (tertiary/aromatic N) is 3. The summed E-state index contributed by atoms with van der Waals surface area (Å²) >= 11 is 0. The summed E-state index contributed by atoms with van der Waals surface area (Å²) in [5.74, 6) is 0.695. The molecule has 0 radical (unpaired) electrons. The van der Waals surface area contributed by atoms with Crippen LogP contribution in [0.4, 0.5) is 10.5 Å². The maximum atomic E-state index is 12.5. The van der Waals surface area contributed by atoms with Gasteiger partial charge in [0.25, 0.3) is 0 Å². The molecule has 2 amide bonds. The highest BCUT2D eigenvalue weighted by molar-refractivity contribution is 5.89. The van der Waals surface area contributed by atoms with Crippen molar-refractivity contribution in [1.82, 2.24) is 14.7 Å². The third-order valence-corrected chi connectivity index (χ3v) is 4.33. The van der Waals surface area contributed by atoms with Crippen molar-refractivity contribution < 1.29 is 9.53 Å². The molecule has 1 unspecified atom stereocenters. The second kappa shape index (κ2) is 6.05. The van der Waals surface area contributed by atoms with Crippen molar-refractivity contribution in [2.24, 2.45) is 5.92 Å². The van der Waals surface area contributed by atoms with E-state index in [1.807, 2.05) is 11.1 Å². The average molecular weight is 292 g/mol. The first kappa shape index (κ1) is 14.4. The number of hydrogen-bond acceptors (Lipinski definition) is 3. The van der Waals surface area contributed by atoms with Crippen LogP contribution in [0.2, 0.25) is 0 Å². The van der Waals surface area contributed by atoms with E-state index in [0.29, 0.717) is 31.2 Å². The molecular weight excluding hydrogens is 268 g/mol. The number of amides is 2. The van der Waals surface area contributed by atoms with Gasteiger partial charge < -0.3 is 15.0 Å². The molecule has 2 aliphatic carbocycles. The molecule has 0 saturated heterocycles. The number of carbonyl (C=O) groups excluding carboxylic acids is 1. The zero-order valence-corrected chi connectivity index (χ0v) is 12.8. The van der Waals surface area contributed by atoms with Crippen molar-refractivity contribution in [3.8, 4) is 0 Å². The van der Waals surface area contributed by atoms with Crippen molar-refractivity contribution in [3.63, 3.8) is 0 Å². The Bertz CT molecular complexity index is 494. The number of hydrogen-bond donors (Lipinski definition) is 1. The Kier molecular flexibility index (Phi) is 4.14. The molecule has 6 nitrogen and oxygen atoms in total. The van der Waals surface area contributed by atoms with Crippen molar-refractivity contribution in [2.75, 3.05) is 19.0 Å². The summed E-state index contributed by atoms with van der Waals surface area (Å²) in [5.41, 5.74) is 0.754. The zero-order chi connectivity index (χ0) is 14.8. The summed E-state index contributed by atoms with van der Waals surface area (Å²) < 4.78 is 6.81. The van der Waals surface area contributed by atoms with Crippen LogP contribution in [0.15, 0.2) is 12.4 Å². The van der Waals surface area contributed by atoms with Crippen molar-refractivity contribution in [3.05, 3.63) is 12.4 Å². The molecule has 1 aromatic rings. The van der Waals surface area contributed by atoms with Gasteiger partial charge in [-0.2, -0.15) is 5.10 Å². The number of urea groups is 1. The molecule has 116 valence electrons. The molecule has 0 bridgehead atoms. The molecule has 1 N–H and O–H groups in total. The van der Waals surface area contributed by atoms with Gasteiger partial charge in [0.1, 0.15) is 0 Å². The molecule has 6 heteroatoms. The Morgan fingerprint density at radius 3 is 2.90 bits per heavy atom. The monoisotopic (exact) mass is 292 g/mol. The summed E-state index contributed by atoms with van der Waals surface area (Å²) in [4.78, 5) is 14.6. The molecule has 0 spiro atoms. The van der Waals surface area contributed by atoms with Crippen LogP contribution in [0, 0.1) is 5.92 Å². The Balaban J connectivity index is 1.59. The fraction of sp³-hybridized carbons (Fsp3) is 0.733. The van der Waals surface area contributed by atoms with Gasteiger partial charge in [0.05, 0.1) is 25.0 Å². The van der Waals surface area contributed by atoms with E-state index in [1.54, 1.807) is 18.0 Å². The van der Waals surface area contributed by atoms with Crippen LogP contribution in [-0.4, -0.2) is 46.5 Å². The molecule has 2 aliphatic rings. The molecule has 1 heterocycles. The van der Waals surface area contributed by atoms with Crippen LogP contribution < -0.4 is 5.32 Å². The quantitative estimate of drug-likeness (QED) is 0.839. The van der Waals surface area contributed by atoms with Crippen LogP contribution in [0.25, 0.3) is 0 Å². The summed E-state index contributed by atoms with van der Waals surface area (Å²) in [6.45, 7) is 3.48. The summed E-state index contributed by atoms with van der Waals surface area (Å²) in [5, 5.41) is 7.21. The number of carbonyl (C=O) groups is 1. The third kappa shape index (κ3) is 3.56. The highest BCUT2D eigenvalue weighted by Crippen LogP contribution is 2.39. The lowest BCUT2D eigenvalue weighted by atomic mass is 10.2. The van der Waals surface area contributed by atoms with Gasteiger partial charge in [0.15, 0.2) is 0 Å². The molecule has 21 heavy (non-hydrogen) atoms. The van der Waals surface area contributed by atoms with E-state index in [9.17, 15) is 4.79 Å². The van der Waals surface area contributed by atoms with Crippen LogP contribution in [0.1, 0.15) is 32.6 Å². The fourth-order valence-electron chi connectivity index (χ4n) is 2.77. The van der Waals surface area contributed by atoms with Gasteiger partial charge >= 0.3 is 6.03 Å². The smallest absolute Gasteiger partial charge is 0.322 e. The van der Waals surface area contributed by atoms with Gasteiger partial charge in [0.2, 0.25) is 0 Å². The average Bonchev–Trinajstić information content (AvgIpc) is 3.36. The minimum Gasteiger partial charge on any atom is -0.383 e. The summed E-state index contributed by atoms with van der Waals surface area (Å²) in [6, 6.07) is 0.799. The number of anilines is 1. The third-order valence-electron chi connectivity index (χ3n) is 4.33. The van der Waals surface area contributed by atoms with E-state index >= 15 is 0 Å². The van der Waals surface area contributed by atoms with Crippen LogP contribution in [0.3, 0.4) is 0 Å². The zero-order valence-electron chi connectivity index (χ0n) is 12.8. The van der Waals surface area contributed by atoms with E-state index < -0.39 is 0 Å². The molecule has 0 aliphatic heterocycles. The summed E-state index contributed by atoms with van der Waals surface area (Å²) in [7, 11) is 1.67. The van der Waals surface area contributed by atoms with Crippen LogP contribution in [0.5, 0.6) is 0 Å². The van der Waals surface area contributed by atoms with Crippen molar-refractivity contribution >= 4 is 11.7 Å². The first-order valence-corrected chi connectivity index (χ1v) is 7.79. The highest BCUT2D eigenvalue weighted by atomic mass is 16.5. The Hall–Kier alpha value is -1.56.